The minimum atomic E-state index is -0.436. The van der Waals surface area contributed by atoms with E-state index in [0.29, 0.717) is 10.9 Å². The fourth-order valence-corrected chi connectivity index (χ4v) is 1.94. The molecule has 0 bridgehead atoms. The van der Waals surface area contributed by atoms with Crippen LogP contribution in [-0.2, 0) is 6.42 Å². The molecule has 0 aromatic heterocycles. The van der Waals surface area contributed by atoms with E-state index in [4.69, 9.17) is 16.7 Å². The molecule has 0 saturated heterocycles. The van der Waals surface area contributed by atoms with Gasteiger partial charge in [0.05, 0.1) is 9.50 Å². The molecule has 0 aliphatic heterocycles. The van der Waals surface area contributed by atoms with Gasteiger partial charge in [0.25, 0.3) is 0 Å². The van der Waals surface area contributed by atoms with Gasteiger partial charge >= 0.3 is 0 Å². The number of aliphatic hydroxyl groups is 1. The van der Waals surface area contributed by atoms with Crippen LogP contribution < -0.4 is 0 Å². The van der Waals surface area contributed by atoms with Crippen LogP contribution in [0.1, 0.15) is 12.5 Å². The Morgan fingerprint density at radius 3 is 2.79 bits per heavy atom. The second-order valence-electron chi connectivity index (χ2n) is 3.33. The number of halogens is 3. The Bertz CT molecular complexity index is 330. The monoisotopic (exact) mass is 280 g/mol. The van der Waals surface area contributed by atoms with Gasteiger partial charge in [-0.2, -0.15) is 0 Å². The Labute approximate surface area is 96.0 Å². The molecule has 0 aliphatic carbocycles. The van der Waals surface area contributed by atoms with E-state index in [-0.39, 0.29) is 17.5 Å². The lowest BCUT2D eigenvalue weighted by atomic mass is 10.0. The van der Waals surface area contributed by atoms with Gasteiger partial charge in [0.2, 0.25) is 0 Å². The highest BCUT2D eigenvalue weighted by molar-refractivity contribution is 9.10. The molecule has 1 nitrogen and oxygen atoms in total. The molecule has 0 amide bonds. The minimum absolute atomic E-state index is 0.0939. The van der Waals surface area contributed by atoms with E-state index in [2.05, 4.69) is 15.9 Å². The highest BCUT2D eigenvalue weighted by Crippen LogP contribution is 2.28. The van der Waals surface area contributed by atoms with Crippen LogP contribution in [0.2, 0.25) is 5.02 Å². The van der Waals surface area contributed by atoms with E-state index in [1.54, 1.807) is 6.07 Å². The number of benzene rings is 1. The van der Waals surface area contributed by atoms with Gasteiger partial charge in [0.1, 0.15) is 0 Å². The van der Waals surface area contributed by atoms with Crippen LogP contribution in [0.4, 0.5) is 4.39 Å². The van der Waals surface area contributed by atoms with Crippen molar-refractivity contribution in [2.75, 3.05) is 6.61 Å². The standard InChI is InChI=1S/C10H11BrClFO/c1-6(5-14)4-7-2-3-8(12)10(13)9(7)11/h2-3,6,14H,4-5H2,1H3. The van der Waals surface area contributed by atoms with Crippen molar-refractivity contribution in [1.82, 2.24) is 0 Å². The van der Waals surface area contributed by atoms with Crippen molar-refractivity contribution in [3.05, 3.63) is 33.0 Å². The van der Waals surface area contributed by atoms with Crippen LogP contribution in [0, 0.1) is 11.7 Å². The van der Waals surface area contributed by atoms with Crippen molar-refractivity contribution in [2.45, 2.75) is 13.3 Å². The van der Waals surface area contributed by atoms with Gasteiger partial charge in [-0.15, -0.1) is 0 Å². The first-order chi connectivity index (χ1) is 6.56. The molecule has 78 valence electrons. The van der Waals surface area contributed by atoms with E-state index >= 15 is 0 Å². The van der Waals surface area contributed by atoms with Crippen LogP contribution in [0.25, 0.3) is 0 Å². The molecule has 1 aromatic carbocycles. The molecule has 14 heavy (non-hydrogen) atoms. The summed E-state index contributed by atoms with van der Waals surface area (Å²) in [6, 6.07) is 3.29. The lowest BCUT2D eigenvalue weighted by molar-refractivity contribution is 0.237. The summed E-state index contributed by atoms with van der Waals surface area (Å²) < 4.78 is 13.7. The smallest absolute Gasteiger partial charge is 0.156 e. The van der Waals surface area contributed by atoms with Crippen molar-refractivity contribution in [3.8, 4) is 0 Å². The molecular formula is C10H11BrClFO. The first-order valence-electron chi connectivity index (χ1n) is 4.29. The lowest BCUT2D eigenvalue weighted by Crippen LogP contribution is -2.05. The molecule has 1 N–H and O–H groups in total. The van der Waals surface area contributed by atoms with Gasteiger partial charge in [-0.05, 0) is 39.9 Å². The van der Waals surface area contributed by atoms with E-state index in [1.807, 2.05) is 6.92 Å². The fraction of sp³-hybridized carbons (Fsp3) is 0.400. The second kappa shape index (κ2) is 5.10. The largest absolute Gasteiger partial charge is 0.396 e. The summed E-state index contributed by atoms with van der Waals surface area (Å²) in [4.78, 5) is 0. The molecule has 1 atom stereocenters. The summed E-state index contributed by atoms with van der Waals surface area (Å²) in [5.41, 5.74) is 0.827. The van der Waals surface area contributed by atoms with Crippen LogP contribution in [0.3, 0.4) is 0 Å². The van der Waals surface area contributed by atoms with Crippen molar-refractivity contribution in [3.63, 3.8) is 0 Å². The predicted octanol–water partition coefficient (Wildman–Crippen LogP) is 3.41. The van der Waals surface area contributed by atoms with Crippen molar-refractivity contribution in [1.29, 1.82) is 0 Å². The number of rotatable bonds is 3. The Morgan fingerprint density at radius 1 is 1.57 bits per heavy atom. The number of hydrogen-bond donors (Lipinski definition) is 1. The summed E-state index contributed by atoms with van der Waals surface area (Å²) in [6.07, 6.45) is 0.630. The average molecular weight is 282 g/mol. The first-order valence-corrected chi connectivity index (χ1v) is 5.46. The quantitative estimate of drug-likeness (QED) is 0.842. The Kier molecular flexibility index (Phi) is 4.35. The maximum Gasteiger partial charge on any atom is 0.156 e. The molecule has 1 unspecified atom stereocenters. The molecule has 1 aromatic rings. The van der Waals surface area contributed by atoms with Gasteiger partial charge in [-0.1, -0.05) is 24.6 Å². The van der Waals surface area contributed by atoms with Crippen molar-refractivity contribution in [2.24, 2.45) is 5.92 Å². The topological polar surface area (TPSA) is 20.2 Å². The van der Waals surface area contributed by atoms with Gasteiger partial charge in [-0.25, -0.2) is 4.39 Å². The van der Waals surface area contributed by atoms with Gasteiger partial charge in [0.15, 0.2) is 5.82 Å². The maximum absolute atomic E-state index is 13.3. The average Bonchev–Trinajstić information content (AvgIpc) is 2.19. The number of hydrogen-bond acceptors (Lipinski definition) is 1. The highest BCUT2D eigenvalue weighted by Gasteiger charge is 2.11. The van der Waals surface area contributed by atoms with Crippen LogP contribution >= 0.6 is 27.5 Å². The van der Waals surface area contributed by atoms with E-state index in [1.165, 1.54) is 6.07 Å². The maximum atomic E-state index is 13.3. The summed E-state index contributed by atoms with van der Waals surface area (Å²) >= 11 is 8.75. The minimum Gasteiger partial charge on any atom is -0.396 e. The highest BCUT2D eigenvalue weighted by atomic mass is 79.9. The molecule has 0 aliphatic rings. The molecular weight excluding hydrogens is 270 g/mol. The van der Waals surface area contributed by atoms with E-state index < -0.39 is 5.82 Å². The van der Waals surface area contributed by atoms with E-state index in [9.17, 15) is 4.39 Å². The third-order valence-corrected chi connectivity index (χ3v) is 3.14. The molecule has 0 spiro atoms. The van der Waals surface area contributed by atoms with E-state index in [0.717, 1.165) is 5.56 Å². The summed E-state index contributed by atoms with van der Waals surface area (Å²) in [5.74, 6) is -0.318. The molecule has 0 saturated carbocycles. The van der Waals surface area contributed by atoms with Gasteiger partial charge in [-0.3, -0.25) is 0 Å². The van der Waals surface area contributed by atoms with Crippen LogP contribution in [0.5, 0.6) is 0 Å². The Hall–Kier alpha value is -0.120. The zero-order valence-corrected chi connectivity index (χ0v) is 10.1. The molecule has 0 radical (unpaired) electrons. The van der Waals surface area contributed by atoms with Gasteiger partial charge in [0, 0.05) is 6.61 Å². The summed E-state index contributed by atoms with van der Waals surface area (Å²) in [7, 11) is 0. The second-order valence-corrected chi connectivity index (χ2v) is 4.53. The SMILES string of the molecule is CC(CO)Cc1ccc(Cl)c(F)c1Br. The van der Waals surface area contributed by atoms with Gasteiger partial charge < -0.3 is 5.11 Å². The molecule has 0 heterocycles. The number of aliphatic hydroxyl groups excluding tert-OH is 1. The summed E-state index contributed by atoms with van der Waals surface area (Å²) in [6.45, 7) is 2.00. The lowest BCUT2D eigenvalue weighted by Gasteiger charge is -2.10. The van der Waals surface area contributed by atoms with Crippen molar-refractivity contribution < 1.29 is 9.50 Å². The van der Waals surface area contributed by atoms with Crippen molar-refractivity contribution >= 4 is 27.5 Å². The van der Waals surface area contributed by atoms with Crippen LogP contribution in [-0.4, -0.2) is 11.7 Å². The summed E-state index contributed by atoms with van der Waals surface area (Å²) in [5, 5.41) is 8.98. The zero-order chi connectivity index (χ0) is 10.7. The molecule has 0 fully saturated rings. The zero-order valence-electron chi connectivity index (χ0n) is 7.73. The normalized spacial score (nSPS) is 12.9. The Morgan fingerprint density at radius 2 is 2.21 bits per heavy atom. The third-order valence-electron chi connectivity index (χ3n) is 2.00. The first kappa shape index (κ1) is 12.0. The van der Waals surface area contributed by atoms with Crippen LogP contribution in [0.15, 0.2) is 16.6 Å². The Balaban J connectivity index is 2.94. The fourth-order valence-electron chi connectivity index (χ4n) is 1.16. The predicted molar refractivity (Wildman–Crippen MR) is 59.1 cm³/mol. The molecule has 1 rings (SSSR count). The molecule has 4 heteroatoms. The third kappa shape index (κ3) is 2.69.